The van der Waals surface area contributed by atoms with Gasteiger partial charge in [0, 0.05) is 28.1 Å². The maximum Gasteiger partial charge on any atom is 0.226 e. The van der Waals surface area contributed by atoms with Crippen molar-refractivity contribution in [3.05, 3.63) is 53.3 Å². The van der Waals surface area contributed by atoms with E-state index in [1.165, 1.54) is 0 Å². The number of nitrogens with one attached hydrogen (secondary N) is 1. The Morgan fingerprint density at radius 3 is 2.65 bits per heavy atom. The summed E-state index contributed by atoms with van der Waals surface area (Å²) in [6.07, 6.45) is 2.28. The summed E-state index contributed by atoms with van der Waals surface area (Å²) in [7, 11) is 0. The van der Waals surface area contributed by atoms with E-state index in [0.29, 0.717) is 11.4 Å². The van der Waals surface area contributed by atoms with Gasteiger partial charge in [-0.05, 0) is 51.1 Å². The van der Waals surface area contributed by atoms with E-state index in [2.05, 4.69) is 5.32 Å². The topological polar surface area (TPSA) is 34.0 Å². The number of amides is 1. The van der Waals surface area contributed by atoms with Crippen LogP contribution in [0.3, 0.4) is 0 Å². The molecule has 0 radical (unpaired) electrons. The van der Waals surface area contributed by atoms with Gasteiger partial charge in [0.1, 0.15) is 0 Å². The number of halogens is 1. The molecule has 2 rings (SSSR count). The molecule has 0 saturated carbocycles. The highest BCUT2D eigenvalue weighted by Gasteiger charge is 2.15. The summed E-state index contributed by atoms with van der Waals surface area (Å²) in [5, 5.41) is 3.65. The Kier molecular flexibility index (Phi) is 4.19. The smallest absolute Gasteiger partial charge is 0.226 e. The molecular formula is C16H19ClN2O. The molecule has 0 atom stereocenters. The fourth-order valence-corrected chi connectivity index (χ4v) is 2.25. The first-order valence-electron chi connectivity index (χ1n) is 6.58. The number of rotatable bonds is 3. The van der Waals surface area contributed by atoms with E-state index in [9.17, 15) is 4.79 Å². The molecule has 0 bridgehead atoms. The van der Waals surface area contributed by atoms with Crippen LogP contribution in [0.2, 0.25) is 5.02 Å². The predicted octanol–water partition coefficient (Wildman–Crippen LogP) is 3.59. The minimum absolute atomic E-state index is 0.0134. The number of hydrogen-bond acceptors (Lipinski definition) is 1. The summed E-state index contributed by atoms with van der Waals surface area (Å²) in [5.41, 5.74) is 1.68. The number of carbonyl (C=O) groups excluding carboxylic acids is 1. The number of benzene rings is 1. The first-order valence-corrected chi connectivity index (χ1v) is 6.96. The van der Waals surface area contributed by atoms with Crippen LogP contribution < -0.4 is 5.32 Å². The molecule has 1 aromatic heterocycles. The van der Waals surface area contributed by atoms with Crippen LogP contribution in [-0.2, 0) is 11.2 Å². The van der Waals surface area contributed by atoms with Crippen LogP contribution in [-0.4, -0.2) is 16.0 Å². The fraction of sp³-hybridized carbons (Fsp3) is 0.312. The van der Waals surface area contributed by atoms with Gasteiger partial charge in [-0.3, -0.25) is 4.79 Å². The first-order chi connectivity index (χ1) is 9.35. The maximum atomic E-state index is 12.0. The summed E-state index contributed by atoms with van der Waals surface area (Å²) in [6.45, 7) is 5.92. The number of hydrogen-bond donors (Lipinski definition) is 1. The van der Waals surface area contributed by atoms with Crippen LogP contribution in [0.5, 0.6) is 0 Å². The van der Waals surface area contributed by atoms with E-state index in [4.69, 9.17) is 11.6 Å². The van der Waals surface area contributed by atoms with Crippen molar-refractivity contribution in [3.63, 3.8) is 0 Å². The van der Waals surface area contributed by atoms with E-state index in [-0.39, 0.29) is 11.4 Å². The van der Waals surface area contributed by atoms with Crippen LogP contribution in [0.4, 0.5) is 0 Å². The Hall–Kier alpha value is -1.74. The molecule has 0 aliphatic carbocycles. The van der Waals surface area contributed by atoms with Crippen molar-refractivity contribution in [2.24, 2.45) is 0 Å². The van der Waals surface area contributed by atoms with Crippen LogP contribution >= 0.6 is 11.6 Å². The second-order valence-corrected chi connectivity index (χ2v) is 6.26. The third kappa shape index (κ3) is 3.87. The molecule has 0 aliphatic heterocycles. The third-order valence-electron chi connectivity index (χ3n) is 2.78. The average Bonchev–Trinajstić information content (AvgIpc) is 2.74. The van der Waals surface area contributed by atoms with Crippen LogP contribution in [0.25, 0.3) is 5.69 Å². The lowest BCUT2D eigenvalue weighted by molar-refractivity contribution is -0.121. The van der Waals surface area contributed by atoms with Gasteiger partial charge in [0.15, 0.2) is 0 Å². The molecule has 1 N–H and O–H groups in total. The largest absolute Gasteiger partial charge is 0.351 e. The van der Waals surface area contributed by atoms with E-state index < -0.39 is 0 Å². The number of nitrogens with zero attached hydrogens (tertiary/aromatic N) is 1. The van der Waals surface area contributed by atoms with E-state index in [1.54, 1.807) is 0 Å². The van der Waals surface area contributed by atoms with Crippen LogP contribution in [0.15, 0.2) is 42.6 Å². The lowest BCUT2D eigenvalue weighted by atomic mass is 10.1. The van der Waals surface area contributed by atoms with Crippen molar-refractivity contribution in [2.45, 2.75) is 32.7 Å². The highest BCUT2D eigenvalue weighted by molar-refractivity contribution is 6.30. The molecule has 1 aromatic carbocycles. The molecule has 0 spiro atoms. The zero-order chi connectivity index (χ0) is 14.8. The van der Waals surface area contributed by atoms with Gasteiger partial charge in [-0.25, -0.2) is 0 Å². The van der Waals surface area contributed by atoms with Crippen molar-refractivity contribution in [3.8, 4) is 5.69 Å². The number of aromatic nitrogens is 1. The zero-order valence-corrected chi connectivity index (χ0v) is 12.7. The molecule has 3 nitrogen and oxygen atoms in total. The zero-order valence-electron chi connectivity index (χ0n) is 12.0. The highest BCUT2D eigenvalue weighted by Crippen LogP contribution is 2.17. The molecule has 0 unspecified atom stereocenters. The molecule has 0 aliphatic rings. The Bertz CT molecular complexity index is 611. The van der Waals surface area contributed by atoms with Crippen LogP contribution in [0, 0.1) is 0 Å². The molecule has 0 saturated heterocycles. The van der Waals surface area contributed by atoms with Gasteiger partial charge in [0.2, 0.25) is 5.91 Å². The highest BCUT2D eigenvalue weighted by atomic mass is 35.5. The second kappa shape index (κ2) is 5.71. The maximum absolute atomic E-state index is 12.0. The normalized spacial score (nSPS) is 11.4. The standard InChI is InChI=1S/C16H19ClN2O/c1-16(2,3)18-15(20)11-14-8-5-9-19(14)13-7-4-6-12(17)10-13/h4-10H,11H2,1-3H3,(H,18,20). The Labute approximate surface area is 124 Å². The van der Waals surface area contributed by atoms with Crippen LogP contribution in [0.1, 0.15) is 26.5 Å². The van der Waals surface area contributed by atoms with Gasteiger partial charge in [-0.1, -0.05) is 17.7 Å². The van der Waals surface area contributed by atoms with Gasteiger partial charge >= 0.3 is 0 Å². The molecule has 4 heteroatoms. The van der Waals surface area contributed by atoms with Gasteiger partial charge in [-0.15, -0.1) is 0 Å². The van der Waals surface area contributed by atoms with Crippen molar-refractivity contribution in [1.82, 2.24) is 9.88 Å². The summed E-state index contributed by atoms with van der Waals surface area (Å²) in [5.74, 6) is 0.0134. The number of carbonyl (C=O) groups is 1. The van der Waals surface area contributed by atoms with E-state index in [1.807, 2.05) is 67.9 Å². The molecule has 1 heterocycles. The van der Waals surface area contributed by atoms with E-state index in [0.717, 1.165) is 11.4 Å². The fourth-order valence-electron chi connectivity index (χ4n) is 2.07. The lowest BCUT2D eigenvalue weighted by Gasteiger charge is -2.20. The minimum atomic E-state index is -0.218. The quantitative estimate of drug-likeness (QED) is 0.921. The molecule has 106 valence electrons. The van der Waals surface area contributed by atoms with Gasteiger partial charge in [0.05, 0.1) is 6.42 Å². The van der Waals surface area contributed by atoms with Crippen molar-refractivity contribution >= 4 is 17.5 Å². The summed E-state index contributed by atoms with van der Waals surface area (Å²) in [6, 6.07) is 11.5. The first kappa shape index (κ1) is 14.7. The second-order valence-electron chi connectivity index (χ2n) is 5.82. The van der Waals surface area contributed by atoms with Gasteiger partial charge in [-0.2, -0.15) is 0 Å². The average molecular weight is 291 g/mol. The van der Waals surface area contributed by atoms with Crippen molar-refractivity contribution in [1.29, 1.82) is 0 Å². The predicted molar refractivity (Wildman–Crippen MR) is 82.4 cm³/mol. The summed E-state index contributed by atoms with van der Waals surface area (Å²) < 4.78 is 1.98. The minimum Gasteiger partial charge on any atom is -0.351 e. The third-order valence-corrected chi connectivity index (χ3v) is 3.01. The Morgan fingerprint density at radius 2 is 2.00 bits per heavy atom. The Balaban J connectivity index is 2.19. The van der Waals surface area contributed by atoms with Crippen molar-refractivity contribution in [2.75, 3.05) is 0 Å². The monoisotopic (exact) mass is 290 g/mol. The molecule has 2 aromatic rings. The van der Waals surface area contributed by atoms with Gasteiger partial charge < -0.3 is 9.88 Å². The molecular weight excluding hydrogens is 272 g/mol. The summed E-state index contributed by atoms with van der Waals surface area (Å²) >= 11 is 6.01. The lowest BCUT2D eigenvalue weighted by Crippen LogP contribution is -2.41. The Morgan fingerprint density at radius 1 is 1.25 bits per heavy atom. The SMILES string of the molecule is CC(C)(C)NC(=O)Cc1cccn1-c1cccc(Cl)c1. The van der Waals surface area contributed by atoms with Gasteiger partial charge in [0.25, 0.3) is 0 Å². The molecule has 1 amide bonds. The molecule has 0 fully saturated rings. The summed E-state index contributed by atoms with van der Waals surface area (Å²) in [4.78, 5) is 12.0. The van der Waals surface area contributed by atoms with Crippen molar-refractivity contribution < 1.29 is 4.79 Å². The molecule has 20 heavy (non-hydrogen) atoms. The van der Waals surface area contributed by atoms with E-state index >= 15 is 0 Å².